The van der Waals surface area contributed by atoms with E-state index in [4.69, 9.17) is 0 Å². The Morgan fingerprint density at radius 1 is 1.00 bits per heavy atom. The van der Waals surface area contributed by atoms with Crippen LogP contribution in [0.25, 0.3) is 0 Å². The zero-order valence-corrected chi connectivity index (χ0v) is 9.62. The van der Waals surface area contributed by atoms with E-state index in [1.807, 2.05) is 30.3 Å². The molecule has 4 heteroatoms. The summed E-state index contributed by atoms with van der Waals surface area (Å²) in [6.07, 6.45) is 0. The van der Waals surface area contributed by atoms with Gasteiger partial charge in [-0.25, -0.2) is 9.74 Å². The van der Waals surface area contributed by atoms with E-state index >= 15 is 0 Å². The minimum atomic E-state index is -0.968. The molecular formula is C13H9FO2S. The maximum absolute atomic E-state index is 11.9. The number of carbonyl (C=O) groups is 1. The third-order valence-corrected chi connectivity index (χ3v) is 3.23. The van der Waals surface area contributed by atoms with Crippen LogP contribution in [-0.4, -0.2) is 5.97 Å². The van der Waals surface area contributed by atoms with Gasteiger partial charge in [0.2, 0.25) is 0 Å². The van der Waals surface area contributed by atoms with E-state index < -0.39 is 5.97 Å². The van der Waals surface area contributed by atoms with Crippen molar-refractivity contribution in [3.63, 3.8) is 0 Å². The first kappa shape index (κ1) is 11.7. The largest absolute Gasteiger partial charge is 0.380 e. The van der Waals surface area contributed by atoms with Crippen molar-refractivity contribution in [1.82, 2.24) is 0 Å². The van der Waals surface area contributed by atoms with Crippen molar-refractivity contribution in [1.29, 1.82) is 0 Å². The summed E-state index contributed by atoms with van der Waals surface area (Å²) in [7, 11) is 0. The molecule has 0 saturated heterocycles. The smallest absolute Gasteiger partial charge is 0.249 e. The van der Waals surface area contributed by atoms with E-state index in [9.17, 15) is 9.32 Å². The van der Waals surface area contributed by atoms with Crippen LogP contribution in [-0.2, 0) is 4.94 Å². The number of carbonyl (C=O) groups excluding carboxylic acids is 1. The molecule has 2 aromatic rings. The highest BCUT2D eigenvalue weighted by Gasteiger charge is 2.13. The Morgan fingerprint density at radius 3 is 2.35 bits per heavy atom. The highest BCUT2D eigenvalue weighted by molar-refractivity contribution is 7.99. The average Bonchev–Trinajstić information content (AvgIpc) is 2.40. The third kappa shape index (κ3) is 2.85. The SMILES string of the molecule is O=C(OF)c1ccccc1Sc1ccccc1. The van der Waals surface area contributed by atoms with Gasteiger partial charge in [-0.05, 0) is 24.3 Å². The van der Waals surface area contributed by atoms with E-state index in [0.717, 1.165) is 4.90 Å². The van der Waals surface area contributed by atoms with E-state index in [-0.39, 0.29) is 5.56 Å². The summed E-state index contributed by atoms with van der Waals surface area (Å²) >= 11 is 1.39. The quantitative estimate of drug-likeness (QED) is 0.824. The van der Waals surface area contributed by atoms with Crippen LogP contribution in [0.3, 0.4) is 0 Å². The van der Waals surface area contributed by atoms with Crippen LogP contribution in [0, 0.1) is 0 Å². The van der Waals surface area contributed by atoms with Crippen LogP contribution >= 0.6 is 11.8 Å². The van der Waals surface area contributed by atoms with Crippen LogP contribution in [0.1, 0.15) is 10.4 Å². The molecule has 0 fully saturated rings. The fourth-order valence-corrected chi connectivity index (χ4v) is 2.34. The van der Waals surface area contributed by atoms with Crippen LogP contribution in [0.15, 0.2) is 64.4 Å². The first-order valence-electron chi connectivity index (χ1n) is 4.96. The van der Waals surface area contributed by atoms with Crippen molar-refractivity contribution in [3.8, 4) is 0 Å². The van der Waals surface area contributed by atoms with Crippen molar-refractivity contribution < 1.29 is 14.3 Å². The standard InChI is InChI=1S/C13H9FO2S/c14-16-13(15)11-8-4-5-9-12(11)17-10-6-2-1-3-7-10/h1-9H. The highest BCUT2D eigenvalue weighted by atomic mass is 32.2. The van der Waals surface area contributed by atoms with Crippen LogP contribution in [0.4, 0.5) is 4.53 Å². The number of hydrogen-bond acceptors (Lipinski definition) is 3. The lowest BCUT2D eigenvalue weighted by molar-refractivity contribution is -0.0791. The van der Waals surface area contributed by atoms with Gasteiger partial charge in [-0.15, -0.1) is 0 Å². The summed E-state index contributed by atoms with van der Waals surface area (Å²) in [4.78, 5) is 16.1. The molecule has 2 rings (SSSR count). The van der Waals surface area contributed by atoms with Gasteiger partial charge in [0.05, 0.1) is 5.56 Å². The Labute approximate surface area is 102 Å². The van der Waals surface area contributed by atoms with Crippen molar-refractivity contribution in [2.45, 2.75) is 9.79 Å². The molecule has 0 heterocycles. The summed E-state index contributed by atoms with van der Waals surface area (Å²) in [6, 6.07) is 16.3. The molecule has 2 nitrogen and oxygen atoms in total. The molecule has 0 aliphatic rings. The van der Waals surface area contributed by atoms with Crippen molar-refractivity contribution in [2.24, 2.45) is 0 Å². The van der Waals surface area contributed by atoms with E-state index in [1.54, 1.807) is 18.2 Å². The Kier molecular flexibility index (Phi) is 3.77. The Hall–Kier alpha value is -1.81. The maximum Gasteiger partial charge on any atom is 0.380 e. The molecule has 0 radical (unpaired) electrons. The van der Waals surface area contributed by atoms with Gasteiger partial charge in [-0.1, -0.05) is 42.1 Å². The lowest BCUT2D eigenvalue weighted by atomic mass is 10.2. The lowest BCUT2D eigenvalue weighted by Crippen LogP contribution is -2.00. The van der Waals surface area contributed by atoms with Gasteiger partial charge in [-0.3, -0.25) is 0 Å². The molecule has 17 heavy (non-hydrogen) atoms. The molecular weight excluding hydrogens is 239 g/mol. The van der Waals surface area contributed by atoms with Gasteiger partial charge in [-0.2, -0.15) is 0 Å². The molecule has 0 atom stereocenters. The fraction of sp³-hybridized carbons (Fsp3) is 0. The number of hydrogen-bond donors (Lipinski definition) is 0. The zero-order valence-electron chi connectivity index (χ0n) is 8.80. The highest BCUT2D eigenvalue weighted by Crippen LogP contribution is 2.30. The van der Waals surface area contributed by atoms with Crippen LogP contribution in [0.2, 0.25) is 0 Å². The first-order chi connectivity index (χ1) is 8.31. The summed E-state index contributed by atoms with van der Waals surface area (Å²) in [6.45, 7) is 0. The molecule has 0 saturated carbocycles. The topological polar surface area (TPSA) is 26.3 Å². The second-order valence-corrected chi connectivity index (χ2v) is 4.39. The van der Waals surface area contributed by atoms with Crippen molar-refractivity contribution >= 4 is 17.7 Å². The summed E-state index contributed by atoms with van der Waals surface area (Å²) in [5, 5.41) is 0. The molecule has 0 aliphatic heterocycles. The van der Waals surface area contributed by atoms with Crippen molar-refractivity contribution in [3.05, 3.63) is 60.2 Å². The van der Waals surface area contributed by atoms with E-state index in [1.165, 1.54) is 17.8 Å². The molecule has 0 amide bonds. The minimum absolute atomic E-state index is 0.226. The fourth-order valence-electron chi connectivity index (χ4n) is 1.38. The first-order valence-corrected chi connectivity index (χ1v) is 5.78. The number of halogens is 1. The van der Waals surface area contributed by atoms with Gasteiger partial charge >= 0.3 is 5.97 Å². The molecule has 86 valence electrons. The van der Waals surface area contributed by atoms with E-state index in [0.29, 0.717) is 4.90 Å². The summed E-state index contributed by atoms with van der Waals surface area (Å²) in [5.74, 6) is -0.968. The molecule has 0 bridgehead atoms. The van der Waals surface area contributed by atoms with Gasteiger partial charge < -0.3 is 0 Å². The van der Waals surface area contributed by atoms with Gasteiger partial charge in [0.15, 0.2) is 0 Å². The molecule has 0 spiro atoms. The van der Waals surface area contributed by atoms with Gasteiger partial charge in [0, 0.05) is 14.3 Å². The molecule has 0 aliphatic carbocycles. The Balaban J connectivity index is 2.30. The second kappa shape index (κ2) is 5.50. The Bertz CT molecular complexity index is 514. The maximum atomic E-state index is 11.9. The predicted octanol–water partition coefficient (Wildman–Crippen LogP) is 3.88. The van der Waals surface area contributed by atoms with Gasteiger partial charge in [0.1, 0.15) is 0 Å². The predicted molar refractivity (Wildman–Crippen MR) is 63.5 cm³/mol. The summed E-state index contributed by atoms with van der Waals surface area (Å²) < 4.78 is 11.9. The number of rotatable bonds is 3. The van der Waals surface area contributed by atoms with Gasteiger partial charge in [0.25, 0.3) is 0 Å². The zero-order chi connectivity index (χ0) is 12.1. The minimum Gasteiger partial charge on any atom is -0.249 e. The average molecular weight is 248 g/mol. The number of benzene rings is 2. The normalized spacial score (nSPS) is 9.94. The Morgan fingerprint density at radius 2 is 1.65 bits per heavy atom. The summed E-state index contributed by atoms with van der Waals surface area (Å²) in [5.41, 5.74) is 0.226. The second-order valence-electron chi connectivity index (χ2n) is 3.28. The molecule has 0 aromatic heterocycles. The third-order valence-electron chi connectivity index (χ3n) is 2.15. The van der Waals surface area contributed by atoms with Crippen LogP contribution < -0.4 is 0 Å². The molecule has 0 N–H and O–H groups in total. The van der Waals surface area contributed by atoms with Crippen LogP contribution in [0.5, 0.6) is 0 Å². The van der Waals surface area contributed by atoms with Crippen molar-refractivity contribution in [2.75, 3.05) is 0 Å². The van der Waals surface area contributed by atoms with E-state index in [2.05, 4.69) is 4.94 Å². The molecule has 2 aromatic carbocycles. The monoisotopic (exact) mass is 248 g/mol. The molecule has 0 unspecified atom stereocenters. The lowest BCUT2D eigenvalue weighted by Gasteiger charge is -2.05.